The van der Waals surface area contributed by atoms with E-state index < -0.39 is 0 Å². The molecule has 2 atom stereocenters. The molecule has 1 N–H and O–H groups in total. The number of rotatable bonds is 3. The molecule has 0 bridgehead atoms. The molecule has 0 radical (unpaired) electrons. The standard InChI is InChI=1S/C15H13Cl3N2O2/c16-8-1-3-10-11(5-8)15(22)20(14(10)21)7-19-13-6-9(17)2-4-12(13)18/h1-2,4,6,10-11,19H,3,5,7H2. The quantitative estimate of drug-likeness (QED) is 0.833. The molecule has 3 rings (SSSR count). The van der Waals surface area contributed by atoms with Crippen molar-refractivity contribution in [1.82, 2.24) is 4.90 Å². The number of benzene rings is 1. The van der Waals surface area contributed by atoms with Gasteiger partial charge in [0.15, 0.2) is 0 Å². The molecule has 2 amide bonds. The summed E-state index contributed by atoms with van der Waals surface area (Å²) in [5, 5.41) is 4.64. The number of carbonyl (C=O) groups is 2. The van der Waals surface area contributed by atoms with E-state index in [2.05, 4.69) is 5.32 Å². The van der Waals surface area contributed by atoms with E-state index >= 15 is 0 Å². The molecular formula is C15H13Cl3N2O2. The molecule has 1 fully saturated rings. The lowest BCUT2D eigenvalue weighted by atomic mass is 9.85. The fraction of sp³-hybridized carbons (Fsp3) is 0.333. The Morgan fingerprint density at radius 1 is 1.14 bits per heavy atom. The molecule has 7 heteroatoms. The summed E-state index contributed by atoms with van der Waals surface area (Å²) in [4.78, 5) is 26.0. The number of nitrogens with one attached hydrogen (secondary N) is 1. The number of nitrogens with zero attached hydrogens (tertiary/aromatic N) is 1. The van der Waals surface area contributed by atoms with Crippen LogP contribution in [0.1, 0.15) is 12.8 Å². The Bertz CT molecular complexity index is 675. The number of hydrogen-bond acceptors (Lipinski definition) is 3. The first-order valence-corrected chi connectivity index (χ1v) is 7.99. The van der Waals surface area contributed by atoms with Crippen LogP contribution in [-0.4, -0.2) is 23.4 Å². The van der Waals surface area contributed by atoms with Gasteiger partial charge in [-0.2, -0.15) is 0 Å². The highest BCUT2D eigenvalue weighted by Crippen LogP contribution is 2.38. The molecule has 1 aliphatic carbocycles. The number of anilines is 1. The third kappa shape index (κ3) is 2.83. The van der Waals surface area contributed by atoms with Gasteiger partial charge in [-0.3, -0.25) is 14.5 Å². The summed E-state index contributed by atoms with van der Waals surface area (Å²) in [5.74, 6) is -0.999. The fourth-order valence-corrected chi connectivity index (χ4v) is 3.46. The maximum Gasteiger partial charge on any atom is 0.234 e. The van der Waals surface area contributed by atoms with Crippen LogP contribution in [0.15, 0.2) is 29.3 Å². The second kappa shape index (κ2) is 6.11. The average molecular weight is 360 g/mol. The summed E-state index contributed by atoms with van der Waals surface area (Å²) in [5.41, 5.74) is 0.584. The lowest BCUT2D eigenvalue weighted by Gasteiger charge is -2.17. The first-order chi connectivity index (χ1) is 10.5. The van der Waals surface area contributed by atoms with Gasteiger partial charge in [0.25, 0.3) is 0 Å². The van der Waals surface area contributed by atoms with Gasteiger partial charge >= 0.3 is 0 Å². The fourth-order valence-electron chi connectivity index (χ4n) is 2.85. The van der Waals surface area contributed by atoms with Crippen LogP contribution in [0.5, 0.6) is 0 Å². The summed E-state index contributed by atoms with van der Waals surface area (Å²) < 4.78 is 0. The molecule has 116 valence electrons. The Morgan fingerprint density at radius 2 is 1.86 bits per heavy atom. The van der Waals surface area contributed by atoms with Gasteiger partial charge in [0.05, 0.1) is 29.2 Å². The Morgan fingerprint density at radius 3 is 2.64 bits per heavy atom. The van der Waals surface area contributed by atoms with Crippen LogP contribution in [0.25, 0.3) is 0 Å². The minimum atomic E-state index is -0.346. The lowest BCUT2D eigenvalue weighted by molar-refractivity contribution is -0.139. The number of carbonyl (C=O) groups excluding carboxylic acids is 2. The molecule has 1 aromatic carbocycles. The summed E-state index contributed by atoms with van der Waals surface area (Å²) in [6, 6.07) is 4.98. The summed E-state index contributed by atoms with van der Waals surface area (Å²) in [7, 11) is 0. The van der Waals surface area contributed by atoms with Crippen molar-refractivity contribution in [3.8, 4) is 0 Å². The number of imide groups is 1. The zero-order valence-corrected chi connectivity index (χ0v) is 13.8. The topological polar surface area (TPSA) is 49.4 Å². The summed E-state index contributed by atoms with van der Waals surface area (Å²) >= 11 is 18.0. The van der Waals surface area contributed by atoms with Crippen LogP contribution in [0.2, 0.25) is 10.0 Å². The van der Waals surface area contributed by atoms with Crippen LogP contribution in [-0.2, 0) is 9.59 Å². The van der Waals surface area contributed by atoms with Crippen LogP contribution >= 0.6 is 34.8 Å². The SMILES string of the molecule is O=C1C2CC=C(Cl)CC2C(=O)N1CNc1cc(Cl)ccc1Cl. The third-order valence-electron chi connectivity index (χ3n) is 4.02. The van der Waals surface area contributed by atoms with Crippen LogP contribution in [0.4, 0.5) is 5.69 Å². The molecule has 2 aliphatic rings. The molecule has 4 nitrogen and oxygen atoms in total. The van der Waals surface area contributed by atoms with E-state index in [1.807, 2.05) is 6.08 Å². The first-order valence-electron chi connectivity index (χ1n) is 6.86. The summed E-state index contributed by atoms with van der Waals surface area (Å²) in [6.07, 6.45) is 2.77. The molecule has 1 saturated heterocycles. The van der Waals surface area contributed by atoms with E-state index in [-0.39, 0.29) is 30.3 Å². The van der Waals surface area contributed by atoms with E-state index in [1.165, 1.54) is 4.90 Å². The van der Waals surface area contributed by atoms with E-state index in [1.54, 1.807) is 18.2 Å². The van der Waals surface area contributed by atoms with Crippen molar-refractivity contribution in [1.29, 1.82) is 0 Å². The maximum atomic E-state index is 12.4. The highest BCUT2D eigenvalue weighted by atomic mass is 35.5. The predicted octanol–water partition coefficient (Wildman–Crippen LogP) is 3.88. The van der Waals surface area contributed by atoms with Crippen molar-refractivity contribution in [2.24, 2.45) is 11.8 Å². The normalized spacial score (nSPS) is 24.3. The Kier molecular flexibility index (Phi) is 4.35. The highest BCUT2D eigenvalue weighted by molar-refractivity contribution is 6.35. The van der Waals surface area contributed by atoms with Crippen LogP contribution in [0.3, 0.4) is 0 Å². The molecule has 1 aromatic rings. The van der Waals surface area contributed by atoms with Gasteiger partial charge in [0, 0.05) is 10.1 Å². The summed E-state index contributed by atoms with van der Waals surface area (Å²) in [6.45, 7) is 0.0718. The number of fused-ring (bicyclic) bond motifs is 1. The molecule has 0 saturated carbocycles. The van der Waals surface area contributed by atoms with Crippen molar-refractivity contribution in [2.75, 3.05) is 12.0 Å². The highest BCUT2D eigenvalue weighted by Gasteiger charge is 2.48. The van der Waals surface area contributed by atoms with Gasteiger partial charge in [0.1, 0.15) is 0 Å². The first kappa shape index (κ1) is 15.7. The molecule has 2 unspecified atom stereocenters. The zero-order valence-electron chi connectivity index (χ0n) is 11.5. The number of amides is 2. The van der Waals surface area contributed by atoms with Crippen molar-refractivity contribution < 1.29 is 9.59 Å². The van der Waals surface area contributed by atoms with Crippen LogP contribution < -0.4 is 5.32 Å². The van der Waals surface area contributed by atoms with Gasteiger partial charge in [-0.1, -0.05) is 40.9 Å². The molecule has 0 spiro atoms. The minimum absolute atomic E-state index is 0.0718. The van der Waals surface area contributed by atoms with Crippen molar-refractivity contribution in [2.45, 2.75) is 12.8 Å². The minimum Gasteiger partial charge on any atom is -0.366 e. The average Bonchev–Trinajstić information content (AvgIpc) is 2.72. The van der Waals surface area contributed by atoms with Crippen molar-refractivity contribution in [3.05, 3.63) is 39.4 Å². The molecule has 22 heavy (non-hydrogen) atoms. The smallest absolute Gasteiger partial charge is 0.234 e. The largest absolute Gasteiger partial charge is 0.366 e. The molecular weight excluding hydrogens is 347 g/mol. The van der Waals surface area contributed by atoms with E-state index in [0.717, 1.165) is 0 Å². The number of hydrogen-bond donors (Lipinski definition) is 1. The zero-order chi connectivity index (χ0) is 15.9. The Balaban J connectivity index is 1.72. The second-order valence-electron chi connectivity index (χ2n) is 5.37. The molecule has 0 aromatic heterocycles. The van der Waals surface area contributed by atoms with Crippen LogP contribution in [0, 0.1) is 11.8 Å². The maximum absolute atomic E-state index is 12.4. The Labute approximate surface area is 143 Å². The monoisotopic (exact) mass is 358 g/mol. The van der Waals surface area contributed by atoms with Gasteiger partial charge < -0.3 is 5.32 Å². The van der Waals surface area contributed by atoms with Crippen molar-refractivity contribution >= 4 is 52.3 Å². The number of halogens is 3. The van der Waals surface area contributed by atoms with Gasteiger partial charge in [0.2, 0.25) is 11.8 Å². The van der Waals surface area contributed by atoms with Gasteiger partial charge in [-0.05, 0) is 31.0 Å². The van der Waals surface area contributed by atoms with E-state index in [9.17, 15) is 9.59 Å². The predicted molar refractivity (Wildman–Crippen MR) is 87.0 cm³/mol. The second-order valence-corrected chi connectivity index (χ2v) is 6.70. The third-order valence-corrected chi connectivity index (χ3v) is 4.89. The van der Waals surface area contributed by atoms with E-state index in [4.69, 9.17) is 34.8 Å². The van der Waals surface area contributed by atoms with E-state index in [0.29, 0.717) is 33.6 Å². The number of likely N-dealkylation sites (tertiary alicyclic amines) is 1. The van der Waals surface area contributed by atoms with Gasteiger partial charge in [-0.15, -0.1) is 0 Å². The van der Waals surface area contributed by atoms with Crippen molar-refractivity contribution in [3.63, 3.8) is 0 Å². The molecule has 1 aliphatic heterocycles. The number of allylic oxidation sites excluding steroid dienone is 2. The van der Waals surface area contributed by atoms with Gasteiger partial charge in [-0.25, -0.2) is 0 Å². The lowest BCUT2D eigenvalue weighted by Crippen LogP contribution is -2.35. The Hall–Kier alpha value is -1.23. The molecule has 1 heterocycles.